The highest BCUT2D eigenvalue weighted by molar-refractivity contribution is 6.31. The Labute approximate surface area is 148 Å². The van der Waals surface area contributed by atoms with E-state index in [4.69, 9.17) is 23.2 Å². The number of rotatable bonds is 2. The van der Waals surface area contributed by atoms with Gasteiger partial charge in [-0.15, -0.1) is 0 Å². The summed E-state index contributed by atoms with van der Waals surface area (Å²) in [6, 6.07) is 15.3. The lowest BCUT2D eigenvalue weighted by atomic mass is 9.73. The molecule has 0 amide bonds. The van der Waals surface area contributed by atoms with Crippen LogP contribution in [0.4, 0.5) is 0 Å². The molecule has 2 aliphatic rings. The van der Waals surface area contributed by atoms with E-state index >= 15 is 0 Å². The Kier molecular flexibility index (Phi) is 4.13. The Morgan fingerprint density at radius 3 is 2.78 bits per heavy atom. The van der Waals surface area contributed by atoms with Crippen LogP contribution in [-0.4, -0.2) is 24.5 Å². The number of hydrogen-bond acceptors (Lipinski definition) is 1. The first-order valence-electron chi connectivity index (χ1n) is 8.35. The van der Waals surface area contributed by atoms with Gasteiger partial charge >= 0.3 is 0 Å². The molecule has 0 saturated carbocycles. The maximum absolute atomic E-state index is 6.42. The first-order chi connectivity index (χ1) is 11.1. The van der Waals surface area contributed by atoms with Crippen LogP contribution in [0.1, 0.15) is 29.0 Å². The molecule has 1 heterocycles. The fourth-order valence-corrected chi connectivity index (χ4v) is 5.10. The highest BCUT2D eigenvalue weighted by atomic mass is 35.5. The minimum absolute atomic E-state index is 0.589. The van der Waals surface area contributed by atoms with Crippen LogP contribution < -0.4 is 0 Å². The van der Waals surface area contributed by atoms with E-state index in [0.717, 1.165) is 29.4 Å². The minimum atomic E-state index is 0.589. The third kappa shape index (κ3) is 2.80. The molecule has 1 nitrogen and oxygen atoms in total. The standard InChI is InChI=1S/C20H21Cl2N/c1-23-12-18-15-6-3-7-19(22)16(15)8-9-17(18)20(23)11-13-4-2-5-14(21)10-13/h2-7,10,17-18,20H,8-9,11-12H2,1H3. The molecule has 0 aromatic heterocycles. The Morgan fingerprint density at radius 2 is 1.96 bits per heavy atom. The molecular formula is C20H21Cl2N. The Morgan fingerprint density at radius 1 is 1.13 bits per heavy atom. The lowest BCUT2D eigenvalue weighted by Gasteiger charge is -2.32. The van der Waals surface area contributed by atoms with Gasteiger partial charge in [-0.05, 0) is 67.1 Å². The maximum atomic E-state index is 6.42. The van der Waals surface area contributed by atoms with Crippen LogP contribution in [0.25, 0.3) is 0 Å². The van der Waals surface area contributed by atoms with Crippen molar-refractivity contribution in [1.82, 2.24) is 4.90 Å². The highest BCUT2D eigenvalue weighted by Crippen LogP contribution is 2.46. The smallest absolute Gasteiger partial charge is 0.0440 e. The lowest BCUT2D eigenvalue weighted by molar-refractivity contribution is 0.259. The molecule has 0 spiro atoms. The number of likely N-dealkylation sites (tertiary alicyclic amines) is 1. The third-order valence-corrected chi connectivity index (χ3v) is 6.27. The molecular weight excluding hydrogens is 325 g/mol. The molecule has 1 aliphatic carbocycles. The van der Waals surface area contributed by atoms with Crippen molar-refractivity contribution in [3.63, 3.8) is 0 Å². The average Bonchev–Trinajstić information content (AvgIpc) is 2.84. The zero-order valence-corrected chi connectivity index (χ0v) is 14.8. The summed E-state index contributed by atoms with van der Waals surface area (Å²) in [7, 11) is 2.26. The topological polar surface area (TPSA) is 3.24 Å². The molecule has 1 fully saturated rings. The monoisotopic (exact) mass is 345 g/mol. The molecule has 3 atom stereocenters. The van der Waals surface area contributed by atoms with Gasteiger partial charge in [-0.2, -0.15) is 0 Å². The zero-order chi connectivity index (χ0) is 16.0. The number of fused-ring (bicyclic) bond motifs is 3. The molecule has 120 valence electrons. The predicted octanol–water partition coefficient (Wildman–Crippen LogP) is 5.20. The molecule has 2 aromatic rings. The summed E-state index contributed by atoms with van der Waals surface area (Å²) in [4.78, 5) is 2.53. The van der Waals surface area contributed by atoms with E-state index < -0.39 is 0 Å². The van der Waals surface area contributed by atoms with Gasteiger partial charge in [-0.25, -0.2) is 0 Å². The summed E-state index contributed by atoms with van der Waals surface area (Å²) in [5, 5.41) is 1.78. The van der Waals surface area contributed by atoms with E-state index in [1.165, 1.54) is 23.1 Å². The highest BCUT2D eigenvalue weighted by Gasteiger charge is 2.43. The SMILES string of the molecule is CN1CC2c3cccc(Cl)c3CCC2C1Cc1cccc(Cl)c1. The number of hydrogen-bond donors (Lipinski definition) is 0. The zero-order valence-electron chi connectivity index (χ0n) is 13.3. The molecule has 3 unspecified atom stereocenters. The molecule has 23 heavy (non-hydrogen) atoms. The molecule has 1 aliphatic heterocycles. The van der Waals surface area contributed by atoms with E-state index in [2.05, 4.69) is 42.3 Å². The second-order valence-electron chi connectivity index (χ2n) is 6.96. The normalized spacial score (nSPS) is 26.8. The van der Waals surface area contributed by atoms with Crippen molar-refractivity contribution in [3.05, 3.63) is 69.2 Å². The van der Waals surface area contributed by atoms with Gasteiger partial charge in [-0.1, -0.05) is 47.5 Å². The lowest BCUT2D eigenvalue weighted by Crippen LogP contribution is -2.32. The minimum Gasteiger partial charge on any atom is -0.302 e. The van der Waals surface area contributed by atoms with Crippen molar-refractivity contribution in [2.24, 2.45) is 5.92 Å². The summed E-state index contributed by atoms with van der Waals surface area (Å²) in [6.45, 7) is 1.13. The quantitative estimate of drug-likeness (QED) is 0.723. The second-order valence-corrected chi connectivity index (χ2v) is 7.80. The van der Waals surface area contributed by atoms with Crippen molar-refractivity contribution >= 4 is 23.2 Å². The summed E-state index contributed by atoms with van der Waals surface area (Å²) in [5.74, 6) is 1.33. The first-order valence-corrected chi connectivity index (χ1v) is 9.11. The van der Waals surface area contributed by atoms with Gasteiger partial charge in [-0.3, -0.25) is 0 Å². The van der Waals surface area contributed by atoms with E-state index in [1.54, 1.807) is 0 Å². The fraction of sp³-hybridized carbons (Fsp3) is 0.400. The van der Waals surface area contributed by atoms with Crippen LogP contribution >= 0.6 is 23.2 Å². The molecule has 2 aromatic carbocycles. The number of nitrogens with zero attached hydrogens (tertiary/aromatic N) is 1. The molecule has 0 radical (unpaired) electrons. The van der Waals surface area contributed by atoms with Crippen LogP contribution in [0.5, 0.6) is 0 Å². The molecule has 0 N–H and O–H groups in total. The van der Waals surface area contributed by atoms with Crippen molar-refractivity contribution in [2.45, 2.75) is 31.2 Å². The Balaban J connectivity index is 1.62. The van der Waals surface area contributed by atoms with Crippen LogP contribution in [0.3, 0.4) is 0 Å². The third-order valence-electron chi connectivity index (χ3n) is 5.68. The second kappa shape index (κ2) is 6.12. The maximum Gasteiger partial charge on any atom is 0.0440 e. The van der Waals surface area contributed by atoms with Gasteiger partial charge < -0.3 is 4.90 Å². The van der Waals surface area contributed by atoms with Crippen LogP contribution in [0.2, 0.25) is 10.0 Å². The van der Waals surface area contributed by atoms with Gasteiger partial charge in [0.25, 0.3) is 0 Å². The van der Waals surface area contributed by atoms with Crippen LogP contribution in [0, 0.1) is 5.92 Å². The van der Waals surface area contributed by atoms with Crippen molar-refractivity contribution in [3.8, 4) is 0 Å². The van der Waals surface area contributed by atoms with Gasteiger partial charge in [0.1, 0.15) is 0 Å². The van der Waals surface area contributed by atoms with Crippen molar-refractivity contribution in [2.75, 3.05) is 13.6 Å². The molecule has 3 heteroatoms. The van der Waals surface area contributed by atoms with Crippen LogP contribution in [0.15, 0.2) is 42.5 Å². The van der Waals surface area contributed by atoms with Gasteiger partial charge in [0.05, 0.1) is 0 Å². The number of halogens is 2. The van der Waals surface area contributed by atoms with E-state index in [1.807, 2.05) is 12.1 Å². The van der Waals surface area contributed by atoms with Crippen LogP contribution in [-0.2, 0) is 12.8 Å². The molecule has 4 rings (SSSR count). The fourth-order valence-electron chi connectivity index (χ4n) is 4.61. The van der Waals surface area contributed by atoms with Crippen molar-refractivity contribution < 1.29 is 0 Å². The van der Waals surface area contributed by atoms with Gasteiger partial charge in [0.2, 0.25) is 0 Å². The summed E-state index contributed by atoms with van der Waals surface area (Å²) < 4.78 is 0. The van der Waals surface area contributed by atoms with E-state index in [-0.39, 0.29) is 0 Å². The van der Waals surface area contributed by atoms with Gasteiger partial charge in [0, 0.05) is 28.5 Å². The summed E-state index contributed by atoms with van der Waals surface area (Å²) in [6.07, 6.45) is 3.42. The molecule has 1 saturated heterocycles. The van der Waals surface area contributed by atoms with Gasteiger partial charge in [0.15, 0.2) is 0 Å². The Hall–Kier alpha value is -1.02. The predicted molar refractivity (Wildman–Crippen MR) is 97.6 cm³/mol. The molecule has 0 bridgehead atoms. The van der Waals surface area contributed by atoms with E-state index in [9.17, 15) is 0 Å². The average molecular weight is 346 g/mol. The number of benzene rings is 2. The van der Waals surface area contributed by atoms with E-state index in [0.29, 0.717) is 17.9 Å². The Bertz CT molecular complexity index is 727. The first kappa shape index (κ1) is 15.5. The number of likely N-dealkylation sites (N-methyl/N-ethyl adjacent to an activating group) is 1. The summed E-state index contributed by atoms with van der Waals surface area (Å²) in [5.41, 5.74) is 4.20. The van der Waals surface area contributed by atoms with Crippen molar-refractivity contribution in [1.29, 1.82) is 0 Å². The largest absolute Gasteiger partial charge is 0.302 e. The summed E-state index contributed by atoms with van der Waals surface area (Å²) >= 11 is 12.6.